The van der Waals surface area contributed by atoms with E-state index in [9.17, 15) is 4.79 Å². The third-order valence-electron chi connectivity index (χ3n) is 4.64. The summed E-state index contributed by atoms with van der Waals surface area (Å²) in [6.07, 6.45) is 8.67. The zero-order chi connectivity index (χ0) is 15.1. The van der Waals surface area contributed by atoms with Gasteiger partial charge in [-0.3, -0.25) is 9.48 Å². The Labute approximate surface area is 128 Å². The van der Waals surface area contributed by atoms with Crippen LogP contribution in [0.2, 0.25) is 0 Å². The van der Waals surface area contributed by atoms with E-state index >= 15 is 0 Å². The van der Waals surface area contributed by atoms with E-state index in [0.717, 1.165) is 24.6 Å². The van der Waals surface area contributed by atoms with Gasteiger partial charge in [-0.1, -0.05) is 6.42 Å². The van der Waals surface area contributed by atoms with Gasteiger partial charge in [0.15, 0.2) is 0 Å². The molecule has 1 amide bonds. The molecule has 1 saturated heterocycles. The van der Waals surface area contributed by atoms with Gasteiger partial charge in [0.25, 0.3) is 5.91 Å². The summed E-state index contributed by atoms with van der Waals surface area (Å²) in [5, 5.41) is 4.21. The quantitative estimate of drug-likeness (QED) is 0.913. The fourth-order valence-corrected chi connectivity index (χ4v) is 2.94. The normalized spacial score (nSPS) is 18.8. The van der Waals surface area contributed by atoms with E-state index in [4.69, 9.17) is 5.73 Å². The fourth-order valence-electron chi connectivity index (χ4n) is 2.94. The van der Waals surface area contributed by atoms with Gasteiger partial charge in [-0.05, 0) is 12.8 Å². The van der Waals surface area contributed by atoms with Gasteiger partial charge < -0.3 is 10.6 Å². The maximum Gasteiger partial charge on any atom is 0.251 e. The highest BCUT2D eigenvalue weighted by Gasteiger charge is 2.31. The topological polar surface area (TPSA) is 89.9 Å². The van der Waals surface area contributed by atoms with Crippen LogP contribution in [0.3, 0.4) is 0 Å². The van der Waals surface area contributed by atoms with Crippen molar-refractivity contribution >= 4 is 11.7 Å². The van der Waals surface area contributed by atoms with Gasteiger partial charge in [-0.15, -0.1) is 0 Å². The lowest BCUT2D eigenvalue weighted by atomic mass is 9.83. The number of carbonyl (C=O) groups excluding carboxylic acids is 1. The molecule has 7 nitrogen and oxygen atoms in total. The maximum atomic E-state index is 11.1. The highest BCUT2D eigenvalue weighted by molar-refractivity contribution is 5.92. The number of hydrogen-bond acceptors (Lipinski definition) is 5. The second-order valence-electron chi connectivity index (χ2n) is 6.06. The van der Waals surface area contributed by atoms with Gasteiger partial charge in [0.1, 0.15) is 12.1 Å². The molecule has 7 heteroatoms. The summed E-state index contributed by atoms with van der Waals surface area (Å²) in [6.45, 7) is 1.67. The largest absolute Gasteiger partial charge is 0.366 e. The molecule has 0 spiro atoms. The molecule has 22 heavy (non-hydrogen) atoms. The van der Waals surface area contributed by atoms with Crippen molar-refractivity contribution in [2.75, 3.05) is 18.0 Å². The van der Waals surface area contributed by atoms with Gasteiger partial charge in [-0.25, -0.2) is 9.97 Å². The van der Waals surface area contributed by atoms with E-state index in [1.807, 2.05) is 4.68 Å². The van der Waals surface area contributed by atoms with Crippen LogP contribution in [0.4, 0.5) is 5.82 Å². The summed E-state index contributed by atoms with van der Waals surface area (Å²) in [5.74, 6) is 1.15. The Kier molecular flexibility index (Phi) is 3.06. The van der Waals surface area contributed by atoms with Crippen LogP contribution >= 0.6 is 0 Å². The monoisotopic (exact) mass is 298 g/mol. The molecule has 1 saturated carbocycles. The molecule has 114 valence electrons. The lowest BCUT2D eigenvalue weighted by molar-refractivity contribution is 0.1000. The lowest BCUT2D eigenvalue weighted by Crippen LogP contribution is -2.48. The van der Waals surface area contributed by atoms with Crippen molar-refractivity contribution in [3.05, 3.63) is 36.0 Å². The Balaban J connectivity index is 1.43. The van der Waals surface area contributed by atoms with E-state index in [-0.39, 0.29) is 6.04 Å². The smallest absolute Gasteiger partial charge is 0.251 e. The first-order valence-corrected chi connectivity index (χ1v) is 7.61. The summed E-state index contributed by atoms with van der Waals surface area (Å²) in [4.78, 5) is 22.1. The second kappa shape index (κ2) is 5.08. The molecule has 1 aliphatic heterocycles. The van der Waals surface area contributed by atoms with E-state index < -0.39 is 5.91 Å². The van der Waals surface area contributed by atoms with Crippen molar-refractivity contribution in [3.63, 3.8) is 0 Å². The Morgan fingerprint density at radius 1 is 1.27 bits per heavy atom. The predicted molar refractivity (Wildman–Crippen MR) is 80.6 cm³/mol. The molecule has 0 radical (unpaired) electrons. The average molecular weight is 298 g/mol. The summed E-state index contributed by atoms with van der Waals surface area (Å²) in [6, 6.07) is 2.37. The van der Waals surface area contributed by atoms with Gasteiger partial charge >= 0.3 is 0 Å². The SMILES string of the molecule is NC(=O)c1cnn(C2CN(c3cc(C4CCC4)ncn3)C2)c1. The highest BCUT2D eigenvalue weighted by atomic mass is 16.1. The first-order valence-electron chi connectivity index (χ1n) is 7.61. The molecule has 0 bridgehead atoms. The number of nitrogens with two attached hydrogens (primary N) is 1. The summed E-state index contributed by atoms with van der Waals surface area (Å²) in [7, 11) is 0. The number of carbonyl (C=O) groups is 1. The molecule has 3 heterocycles. The van der Waals surface area contributed by atoms with Crippen LogP contribution < -0.4 is 10.6 Å². The number of nitrogens with zero attached hydrogens (tertiary/aromatic N) is 5. The van der Waals surface area contributed by atoms with Crippen molar-refractivity contribution < 1.29 is 4.79 Å². The molecule has 2 aromatic rings. The minimum atomic E-state index is -0.441. The Bertz CT molecular complexity index is 702. The summed E-state index contributed by atoms with van der Waals surface area (Å²) in [5.41, 5.74) is 6.86. The van der Waals surface area contributed by atoms with Crippen molar-refractivity contribution in [1.29, 1.82) is 0 Å². The average Bonchev–Trinajstić information content (AvgIpc) is 2.85. The molecule has 2 aliphatic rings. The van der Waals surface area contributed by atoms with Crippen molar-refractivity contribution in [2.45, 2.75) is 31.2 Å². The number of anilines is 1. The lowest BCUT2D eigenvalue weighted by Gasteiger charge is -2.40. The van der Waals surface area contributed by atoms with Gasteiger partial charge in [0.05, 0.1) is 17.8 Å². The van der Waals surface area contributed by atoms with Crippen LogP contribution in [-0.4, -0.2) is 38.7 Å². The van der Waals surface area contributed by atoms with E-state index in [2.05, 4.69) is 26.0 Å². The molecule has 2 aromatic heterocycles. The van der Waals surface area contributed by atoms with E-state index in [1.54, 1.807) is 12.5 Å². The zero-order valence-electron chi connectivity index (χ0n) is 12.2. The molecular weight excluding hydrogens is 280 g/mol. The molecule has 2 N–H and O–H groups in total. The molecule has 0 unspecified atom stereocenters. The number of hydrogen-bond donors (Lipinski definition) is 1. The molecule has 2 fully saturated rings. The number of primary amides is 1. The summed E-state index contributed by atoms with van der Waals surface area (Å²) >= 11 is 0. The van der Waals surface area contributed by atoms with Gasteiger partial charge in [0.2, 0.25) is 0 Å². The number of amides is 1. The fraction of sp³-hybridized carbons (Fsp3) is 0.467. The predicted octanol–water partition coefficient (Wildman–Crippen LogP) is 1.10. The third-order valence-corrected chi connectivity index (χ3v) is 4.64. The number of rotatable bonds is 4. The van der Waals surface area contributed by atoms with Gasteiger partial charge in [0, 0.05) is 37.0 Å². The minimum Gasteiger partial charge on any atom is -0.366 e. The maximum absolute atomic E-state index is 11.1. The van der Waals surface area contributed by atoms with Crippen LogP contribution in [0.5, 0.6) is 0 Å². The molecule has 4 rings (SSSR count). The van der Waals surface area contributed by atoms with Crippen molar-refractivity contribution in [3.8, 4) is 0 Å². The molecule has 0 aromatic carbocycles. The molecular formula is C15H18N6O. The number of aromatic nitrogens is 4. The third kappa shape index (κ3) is 2.22. The minimum absolute atomic E-state index is 0.259. The Morgan fingerprint density at radius 3 is 2.73 bits per heavy atom. The van der Waals surface area contributed by atoms with E-state index in [1.165, 1.54) is 25.5 Å². The second-order valence-corrected chi connectivity index (χ2v) is 6.06. The molecule has 1 aliphatic carbocycles. The zero-order valence-corrected chi connectivity index (χ0v) is 12.2. The molecule has 0 atom stereocenters. The van der Waals surface area contributed by atoms with Crippen LogP contribution in [0.1, 0.15) is 47.3 Å². The Hall–Kier alpha value is -2.44. The van der Waals surface area contributed by atoms with Crippen LogP contribution in [0, 0.1) is 0 Å². The van der Waals surface area contributed by atoms with Crippen molar-refractivity contribution in [2.24, 2.45) is 5.73 Å². The first-order chi connectivity index (χ1) is 10.7. The summed E-state index contributed by atoms with van der Waals surface area (Å²) < 4.78 is 1.81. The van der Waals surface area contributed by atoms with Crippen LogP contribution in [0.15, 0.2) is 24.8 Å². The van der Waals surface area contributed by atoms with E-state index in [0.29, 0.717) is 11.5 Å². The Morgan fingerprint density at radius 2 is 2.09 bits per heavy atom. The van der Waals surface area contributed by atoms with Crippen molar-refractivity contribution in [1.82, 2.24) is 19.7 Å². The standard InChI is InChI=1S/C15H18N6O/c16-15(22)11-5-19-21(6-11)12-7-20(8-12)14-4-13(17-9-18-14)10-2-1-3-10/h4-6,9-10,12H,1-3,7-8H2,(H2,16,22). The first kappa shape index (κ1) is 13.2. The van der Waals surface area contributed by atoms with Gasteiger partial charge in [-0.2, -0.15) is 5.10 Å². The van der Waals surface area contributed by atoms with Crippen LogP contribution in [0.25, 0.3) is 0 Å². The van der Waals surface area contributed by atoms with Crippen LogP contribution in [-0.2, 0) is 0 Å². The highest BCUT2D eigenvalue weighted by Crippen LogP contribution is 2.36.